The fourth-order valence-corrected chi connectivity index (χ4v) is 3.74. The van der Waals surface area contributed by atoms with Gasteiger partial charge < -0.3 is 9.84 Å². The van der Waals surface area contributed by atoms with Crippen molar-refractivity contribution < 1.29 is 19.4 Å². The number of benzene rings is 2. The van der Waals surface area contributed by atoms with E-state index in [2.05, 4.69) is 24.3 Å². The quantitative estimate of drug-likeness (QED) is 0.840. The van der Waals surface area contributed by atoms with E-state index in [9.17, 15) is 14.7 Å². The van der Waals surface area contributed by atoms with Crippen molar-refractivity contribution in [3.63, 3.8) is 0 Å². The van der Waals surface area contributed by atoms with Gasteiger partial charge in [0.1, 0.15) is 11.6 Å². The van der Waals surface area contributed by atoms with Crippen LogP contribution in [0.15, 0.2) is 54.6 Å². The second-order valence-electron chi connectivity index (χ2n) is 8.32. The number of carbonyl (C=O) groups is 2. The monoisotopic (exact) mass is 381 g/mol. The summed E-state index contributed by atoms with van der Waals surface area (Å²) in [7, 11) is 0. The molecule has 1 saturated heterocycles. The van der Waals surface area contributed by atoms with Crippen LogP contribution in [0.1, 0.15) is 32.8 Å². The molecule has 5 heteroatoms. The van der Waals surface area contributed by atoms with Crippen LogP contribution in [0.5, 0.6) is 0 Å². The predicted molar refractivity (Wildman–Crippen MR) is 108 cm³/mol. The molecule has 148 valence electrons. The van der Waals surface area contributed by atoms with E-state index in [1.807, 2.05) is 30.3 Å². The molecule has 1 aliphatic heterocycles. The fourth-order valence-electron chi connectivity index (χ4n) is 3.74. The van der Waals surface area contributed by atoms with Crippen LogP contribution in [0.3, 0.4) is 0 Å². The van der Waals surface area contributed by atoms with Crippen molar-refractivity contribution in [3.05, 3.63) is 60.2 Å². The van der Waals surface area contributed by atoms with Gasteiger partial charge in [-0.1, -0.05) is 54.6 Å². The van der Waals surface area contributed by atoms with E-state index in [0.29, 0.717) is 19.4 Å². The average molecular weight is 381 g/mol. The molecule has 2 atom stereocenters. The molecular formula is C23H27NO4. The number of hydrogen-bond donors (Lipinski definition) is 1. The standard InChI is InChI=1S/C23H27NO4/c1-23(2,3)28-22(27)24-15-16(14-20(24)21(25)26)13-18-11-7-8-12-19(18)17-9-5-4-6-10-17/h4-12,16,20H,13-15H2,1-3H3,(H,25,26)/t16?,20-/m0/s1. The zero-order valence-electron chi connectivity index (χ0n) is 16.6. The molecular weight excluding hydrogens is 354 g/mol. The molecule has 2 aromatic carbocycles. The normalized spacial score (nSPS) is 19.5. The lowest BCUT2D eigenvalue weighted by Gasteiger charge is -2.26. The van der Waals surface area contributed by atoms with E-state index in [0.717, 1.165) is 16.7 Å². The number of carboxylic acids is 1. The van der Waals surface area contributed by atoms with Gasteiger partial charge in [0.2, 0.25) is 0 Å². The van der Waals surface area contributed by atoms with Crippen molar-refractivity contribution >= 4 is 12.1 Å². The smallest absolute Gasteiger partial charge is 0.411 e. The molecule has 5 nitrogen and oxygen atoms in total. The van der Waals surface area contributed by atoms with Gasteiger partial charge in [-0.05, 0) is 56.2 Å². The van der Waals surface area contributed by atoms with Crippen LogP contribution in [0.2, 0.25) is 0 Å². The van der Waals surface area contributed by atoms with Crippen LogP contribution in [0.25, 0.3) is 11.1 Å². The van der Waals surface area contributed by atoms with Crippen LogP contribution in [-0.4, -0.2) is 40.3 Å². The van der Waals surface area contributed by atoms with Gasteiger partial charge in [-0.3, -0.25) is 4.90 Å². The molecule has 0 aromatic heterocycles. The van der Waals surface area contributed by atoms with E-state index in [4.69, 9.17) is 4.74 Å². The van der Waals surface area contributed by atoms with E-state index in [-0.39, 0.29) is 5.92 Å². The maximum absolute atomic E-state index is 12.5. The van der Waals surface area contributed by atoms with E-state index in [1.165, 1.54) is 4.90 Å². The van der Waals surface area contributed by atoms with Crippen LogP contribution < -0.4 is 0 Å². The molecule has 2 aromatic rings. The Hall–Kier alpha value is -2.82. The van der Waals surface area contributed by atoms with E-state index < -0.39 is 23.7 Å². The Morgan fingerprint density at radius 3 is 2.36 bits per heavy atom. The van der Waals surface area contributed by atoms with Gasteiger partial charge in [0.15, 0.2) is 0 Å². The van der Waals surface area contributed by atoms with Crippen molar-refractivity contribution in [2.75, 3.05) is 6.54 Å². The summed E-state index contributed by atoms with van der Waals surface area (Å²) in [4.78, 5) is 25.6. The zero-order chi connectivity index (χ0) is 20.3. The number of carboxylic acid groups (broad SMARTS) is 1. The number of aliphatic carboxylic acids is 1. The van der Waals surface area contributed by atoms with Gasteiger partial charge in [0, 0.05) is 6.54 Å². The summed E-state index contributed by atoms with van der Waals surface area (Å²) in [5.74, 6) is -0.914. The molecule has 1 N–H and O–H groups in total. The first kappa shape index (κ1) is 19.9. The number of ether oxygens (including phenoxy) is 1. The molecule has 1 fully saturated rings. The first-order valence-corrected chi connectivity index (χ1v) is 9.60. The summed E-state index contributed by atoms with van der Waals surface area (Å²) >= 11 is 0. The summed E-state index contributed by atoms with van der Waals surface area (Å²) in [6.07, 6.45) is 0.588. The minimum atomic E-state index is -0.982. The summed E-state index contributed by atoms with van der Waals surface area (Å²) in [6.45, 7) is 5.73. The molecule has 3 rings (SSSR count). The fraction of sp³-hybridized carbons (Fsp3) is 0.391. The predicted octanol–water partition coefficient (Wildman–Crippen LogP) is 4.61. The van der Waals surface area contributed by atoms with Crippen LogP contribution >= 0.6 is 0 Å². The number of amides is 1. The molecule has 0 saturated carbocycles. The third-order valence-electron chi connectivity index (χ3n) is 4.91. The highest BCUT2D eigenvalue weighted by molar-refractivity contribution is 5.81. The number of rotatable bonds is 4. The summed E-state index contributed by atoms with van der Waals surface area (Å²) in [6, 6.07) is 17.5. The third kappa shape index (κ3) is 4.71. The van der Waals surface area contributed by atoms with Crippen LogP contribution in [-0.2, 0) is 16.0 Å². The van der Waals surface area contributed by atoms with Crippen molar-refractivity contribution in [2.24, 2.45) is 5.92 Å². The largest absolute Gasteiger partial charge is 0.480 e. The van der Waals surface area contributed by atoms with Gasteiger partial charge in [0.05, 0.1) is 0 Å². The van der Waals surface area contributed by atoms with E-state index >= 15 is 0 Å². The minimum absolute atomic E-state index is 0.0680. The Balaban J connectivity index is 1.79. The Morgan fingerprint density at radius 1 is 1.07 bits per heavy atom. The lowest BCUT2D eigenvalue weighted by atomic mass is 9.91. The van der Waals surface area contributed by atoms with Gasteiger partial charge in [-0.15, -0.1) is 0 Å². The topological polar surface area (TPSA) is 66.8 Å². The summed E-state index contributed by atoms with van der Waals surface area (Å²) in [5.41, 5.74) is 2.78. The lowest BCUT2D eigenvalue weighted by Crippen LogP contribution is -2.43. The SMILES string of the molecule is CC(C)(C)OC(=O)N1CC(Cc2ccccc2-c2ccccc2)C[C@H]1C(=O)O. The molecule has 0 spiro atoms. The lowest BCUT2D eigenvalue weighted by molar-refractivity contribution is -0.142. The maximum Gasteiger partial charge on any atom is 0.411 e. The van der Waals surface area contributed by atoms with Crippen LogP contribution in [0, 0.1) is 5.92 Å². The first-order valence-electron chi connectivity index (χ1n) is 9.60. The average Bonchev–Trinajstić information content (AvgIpc) is 3.06. The molecule has 1 aliphatic rings. The highest BCUT2D eigenvalue weighted by atomic mass is 16.6. The minimum Gasteiger partial charge on any atom is -0.480 e. The second-order valence-corrected chi connectivity index (χ2v) is 8.32. The first-order chi connectivity index (χ1) is 13.2. The highest BCUT2D eigenvalue weighted by Crippen LogP contribution is 2.32. The molecule has 0 radical (unpaired) electrons. The van der Waals surface area contributed by atoms with Crippen molar-refractivity contribution in [1.82, 2.24) is 4.90 Å². The van der Waals surface area contributed by atoms with Crippen molar-refractivity contribution in [1.29, 1.82) is 0 Å². The maximum atomic E-state index is 12.5. The molecule has 0 bridgehead atoms. The Kier molecular flexibility index (Phi) is 5.73. The van der Waals surface area contributed by atoms with E-state index in [1.54, 1.807) is 20.8 Å². The summed E-state index contributed by atoms with van der Waals surface area (Å²) < 4.78 is 5.42. The van der Waals surface area contributed by atoms with Gasteiger partial charge >= 0.3 is 12.1 Å². The second kappa shape index (κ2) is 8.05. The Morgan fingerprint density at radius 2 is 1.71 bits per heavy atom. The zero-order valence-corrected chi connectivity index (χ0v) is 16.6. The molecule has 28 heavy (non-hydrogen) atoms. The van der Waals surface area contributed by atoms with Gasteiger partial charge in [0.25, 0.3) is 0 Å². The number of nitrogens with zero attached hydrogens (tertiary/aromatic N) is 1. The Bertz CT molecular complexity index is 841. The Labute approximate surface area is 165 Å². The number of hydrogen-bond acceptors (Lipinski definition) is 3. The molecule has 0 aliphatic carbocycles. The van der Waals surface area contributed by atoms with Gasteiger partial charge in [-0.25, -0.2) is 9.59 Å². The van der Waals surface area contributed by atoms with Crippen LogP contribution in [0.4, 0.5) is 4.79 Å². The third-order valence-corrected chi connectivity index (χ3v) is 4.91. The van der Waals surface area contributed by atoms with Crippen molar-refractivity contribution in [2.45, 2.75) is 45.3 Å². The summed E-state index contributed by atoms with van der Waals surface area (Å²) in [5, 5.41) is 9.60. The molecule has 1 heterocycles. The number of carbonyl (C=O) groups excluding carboxylic acids is 1. The van der Waals surface area contributed by atoms with Gasteiger partial charge in [-0.2, -0.15) is 0 Å². The highest BCUT2D eigenvalue weighted by Gasteiger charge is 2.41. The van der Waals surface area contributed by atoms with Crippen molar-refractivity contribution in [3.8, 4) is 11.1 Å². The number of likely N-dealkylation sites (tertiary alicyclic amines) is 1. The molecule has 1 amide bonds. The molecule has 1 unspecified atom stereocenters.